The summed E-state index contributed by atoms with van der Waals surface area (Å²) in [4.78, 5) is 12.8. The number of nitrogens with one attached hydrogen (secondary N) is 3. The van der Waals surface area contributed by atoms with Gasteiger partial charge in [-0.25, -0.2) is 4.39 Å². The molecule has 1 aliphatic carbocycles. The highest BCUT2D eigenvalue weighted by Gasteiger charge is 2.22. The van der Waals surface area contributed by atoms with E-state index in [1.54, 1.807) is 44.4 Å². The second kappa shape index (κ2) is 7.99. The van der Waals surface area contributed by atoms with E-state index in [4.69, 9.17) is 5.41 Å². The summed E-state index contributed by atoms with van der Waals surface area (Å²) in [6.07, 6.45) is 3.48. The number of hydrogen-bond donors (Lipinski definition) is 3. The minimum Gasteiger partial charge on any atom is -0.354 e. The molecule has 0 spiro atoms. The minimum absolute atomic E-state index is 0.202. The van der Waals surface area contributed by atoms with E-state index in [1.807, 2.05) is 24.3 Å². The van der Waals surface area contributed by atoms with Gasteiger partial charge in [-0.1, -0.05) is 30.3 Å². The first kappa shape index (κ1) is 19.6. The van der Waals surface area contributed by atoms with Gasteiger partial charge in [0, 0.05) is 41.5 Å². The van der Waals surface area contributed by atoms with Crippen molar-refractivity contribution in [3.63, 3.8) is 0 Å². The van der Waals surface area contributed by atoms with Gasteiger partial charge >= 0.3 is 0 Å². The normalized spacial score (nSPS) is 12.4. The first-order chi connectivity index (χ1) is 14.4. The summed E-state index contributed by atoms with van der Waals surface area (Å²) in [5.41, 5.74) is 5.11. The van der Waals surface area contributed by atoms with Crippen molar-refractivity contribution in [2.75, 3.05) is 10.6 Å². The Kier molecular flexibility index (Phi) is 5.23. The van der Waals surface area contributed by atoms with E-state index in [1.165, 1.54) is 10.6 Å². The zero-order chi connectivity index (χ0) is 21.3. The van der Waals surface area contributed by atoms with E-state index >= 15 is 0 Å². The number of benzene rings is 2. The van der Waals surface area contributed by atoms with Gasteiger partial charge < -0.3 is 20.6 Å². The highest BCUT2D eigenvalue weighted by Crippen LogP contribution is 2.37. The Hall–Kier alpha value is -3.67. The average Bonchev–Trinajstić information content (AvgIpc) is 3.55. The second-order valence-corrected chi connectivity index (χ2v) is 7.44. The SMILES string of the molecule is CC(=N)c1ccccc1Nc1cc(NC(=C2CC2)c2ccccc2F)c(=O)n(C)c1. The number of halogens is 1. The lowest BCUT2D eigenvalue weighted by Gasteiger charge is -2.16. The predicted octanol–water partition coefficient (Wildman–Crippen LogP) is 5.27. The van der Waals surface area contributed by atoms with Crippen molar-refractivity contribution in [1.82, 2.24) is 4.57 Å². The third-order valence-corrected chi connectivity index (χ3v) is 5.05. The van der Waals surface area contributed by atoms with Crippen LogP contribution in [-0.2, 0) is 7.05 Å². The molecule has 1 aliphatic rings. The molecule has 1 saturated carbocycles. The van der Waals surface area contributed by atoms with Crippen molar-refractivity contribution in [3.8, 4) is 0 Å². The molecule has 152 valence electrons. The van der Waals surface area contributed by atoms with Crippen LogP contribution >= 0.6 is 0 Å². The molecule has 3 N–H and O–H groups in total. The van der Waals surface area contributed by atoms with Crippen LogP contribution in [0.4, 0.5) is 21.5 Å². The number of rotatable bonds is 6. The van der Waals surface area contributed by atoms with Crippen molar-refractivity contribution in [2.45, 2.75) is 19.8 Å². The van der Waals surface area contributed by atoms with E-state index in [2.05, 4.69) is 10.6 Å². The van der Waals surface area contributed by atoms with Gasteiger partial charge in [-0.2, -0.15) is 0 Å². The predicted molar refractivity (Wildman–Crippen MR) is 120 cm³/mol. The highest BCUT2D eigenvalue weighted by molar-refractivity contribution is 6.02. The summed E-state index contributed by atoms with van der Waals surface area (Å²) in [6, 6.07) is 15.9. The highest BCUT2D eigenvalue weighted by atomic mass is 19.1. The van der Waals surface area contributed by atoms with Crippen molar-refractivity contribution in [1.29, 1.82) is 5.41 Å². The molecule has 4 rings (SSSR count). The van der Waals surface area contributed by atoms with Gasteiger partial charge in [0.25, 0.3) is 5.56 Å². The molecule has 3 aromatic rings. The molecule has 1 heterocycles. The Balaban J connectivity index is 1.71. The van der Waals surface area contributed by atoms with Crippen molar-refractivity contribution >= 4 is 28.5 Å². The summed E-state index contributed by atoms with van der Waals surface area (Å²) in [5, 5.41) is 14.5. The van der Waals surface area contributed by atoms with E-state index in [0.717, 1.165) is 29.7 Å². The quantitative estimate of drug-likeness (QED) is 0.492. The molecule has 1 fully saturated rings. The zero-order valence-electron chi connectivity index (χ0n) is 16.9. The molecule has 0 unspecified atom stereocenters. The third-order valence-electron chi connectivity index (χ3n) is 5.05. The summed E-state index contributed by atoms with van der Waals surface area (Å²) in [6.45, 7) is 1.73. The van der Waals surface area contributed by atoms with Gasteiger partial charge in [0.05, 0.1) is 5.69 Å². The number of aromatic nitrogens is 1. The maximum atomic E-state index is 14.4. The zero-order valence-corrected chi connectivity index (χ0v) is 16.9. The summed E-state index contributed by atoms with van der Waals surface area (Å²) >= 11 is 0. The third kappa shape index (κ3) is 4.03. The van der Waals surface area contributed by atoms with E-state index < -0.39 is 0 Å². The van der Waals surface area contributed by atoms with Crippen LogP contribution in [0.25, 0.3) is 5.70 Å². The van der Waals surface area contributed by atoms with Crippen LogP contribution in [0.5, 0.6) is 0 Å². The summed E-state index contributed by atoms with van der Waals surface area (Å²) in [5.74, 6) is -0.319. The summed E-state index contributed by atoms with van der Waals surface area (Å²) < 4.78 is 15.9. The van der Waals surface area contributed by atoms with Gasteiger partial charge in [0.15, 0.2) is 0 Å². The van der Waals surface area contributed by atoms with E-state index in [0.29, 0.717) is 28.3 Å². The fourth-order valence-electron chi connectivity index (χ4n) is 3.40. The second-order valence-electron chi connectivity index (χ2n) is 7.44. The first-order valence-corrected chi connectivity index (χ1v) is 9.80. The molecule has 0 radical (unpaired) electrons. The number of hydrogen-bond acceptors (Lipinski definition) is 4. The molecule has 1 aromatic heterocycles. The largest absolute Gasteiger partial charge is 0.354 e. The lowest BCUT2D eigenvalue weighted by Crippen LogP contribution is -2.21. The number of para-hydroxylation sites is 1. The van der Waals surface area contributed by atoms with E-state index in [9.17, 15) is 9.18 Å². The Morgan fingerprint density at radius 2 is 1.70 bits per heavy atom. The molecular weight excluding hydrogens is 379 g/mol. The Morgan fingerprint density at radius 3 is 2.37 bits per heavy atom. The topological polar surface area (TPSA) is 69.9 Å². The van der Waals surface area contributed by atoms with Crippen LogP contribution in [0.2, 0.25) is 0 Å². The van der Waals surface area contributed by atoms with Crippen LogP contribution in [0.3, 0.4) is 0 Å². The minimum atomic E-state index is -0.319. The van der Waals surface area contributed by atoms with Gasteiger partial charge in [0.1, 0.15) is 11.5 Å². The fraction of sp³-hybridized carbons (Fsp3) is 0.167. The molecule has 0 amide bonds. The number of pyridine rings is 1. The Bertz CT molecular complexity index is 1220. The van der Waals surface area contributed by atoms with Gasteiger partial charge in [0.2, 0.25) is 0 Å². The van der Waals surface area contributed by atoms with Gasteiger partial charge in [-0.05, 0) is 49.6 Å². The van der Waals surface area contributed by atoms with Crippen LogP contribution in [0.15, 0.2) is 71.2 Å². The molecule has 30 heavy (non-hydrogen) atoms. The smallest absolute Gasteiger partial charge is 0.274 e. The standard InChI is InChI=1S/C24H23FN4O/c1-15(26)18-7-4-6-10-21(18)27-17-13-22(24(30)29(2)14-17)28-23(16-11-12-16)19-8-3-5-9-20(19)25/h3-10,13-14,26-28H,11-12H2,1-2H3. The molecule has 2 aromatic carbocycles. The molecule has 0 atom stereocenters. The number of aryl methyl sites for hydroxylation is 1. The van der Waals surface area contributed by atoms with Gasteiger partial charge in [-0.15, -0.1) is 0 Å². The molecular formula is C24H23FN4O. The number of anilines is 3. The molecule has 0 aliphatic heterocycles. The average molecular weight is 402 g/mol. The van der Waals surface area contributed by atoms with Crippen LogP contribution < -0.4 is 16.2 Å². The Morgan fingerprint density at radius 1 is 1.03 bits per heavy atom. The molecule has 5 nitrogen and oxygen atoms in total. The monoisotopic (exact) mass is 402 g/mol. The first-order valence-electron chi connectivity index (χ1n) is 9.80. The van der Waals surface area contributed by atoms with Crippen LogP contribution in [0.1, 0.15) is 30.9 Å². The molecule has 0 saturated heterocycles. The Labute approximate surface area is 174 Å². The van der Waals surface area contributed by atoms with Gasteiger partial charge in [-0.3, -0.25) is 4.79 Å². The maximum Gasteiger partial charge on any atom is 0.274 e. The maximum absolute atomic E-state index is 14.4. The van der Waals surface area contributed by atoms with Crippen molar-refractivity contribution in [2.24, 2.45) is 7.05 Å². The van der Waals surface area contributed by atoms with E-state index in [-0.39, 0.29) is 11.4 Å². The molecule has 0 bridgehead atoms. The van der Waals surface area contributed by atoms with Crippen LogP contribution in [-0.4, -0.2) is 10.3 Å². The fourth-order valence-corrected chi connectivity index (χ4v) is 3.40. The lowest BCUT2D eigenvalue weighted by atomic mass is 10.1. The van der Waals surface area contributed by atoms with Crippen LogP contribution in [0, 0.1) is 11.2 Å². The summed E-state index contributed by atoms with van der Waals surface area (Å²) in [7, 11) is 1.68. The van der Waals surface area contributed by atoms with Crippen molar-refractivity contribution < 1.29 is 4.39 Å². The lowest BCUT2D eigenvalue weighted by molar-refractivity contribution is 0.624. The number of nitrogens with zero attached hydrogens (tertiary/aromatic N) is 1. The van der Waals surface area contributed by atoms with Crippen molar-refractivity contribution in [3.05, 3.63) is 93.7 Å². The number of allylic oxidation sites excluding steroid dienone is 1. The molecule has 6 heteroatoms.